The van der Waals surface area contributed by atoms with Gasteiger partial charge < -0.3 is 14.6 Å². The van der Waals surface area contributed by atoms with Crippen LogP contribution in [0.5, 0.6) is 0 Å². The minimum absolute atomic E-state index is 0.107. The van der Waals surface area contributed by atoms with Gasteiger partial charge in [-0.25, -0.2) is 0 Å². The van der Waals surface area contributed by atoms with E-state index < -0.39 is 6.10 Å². The van der Waals surface area contributed by atoms with Gasteiger partial charge in [0.2, 0.25) is 0 Å². The van der Waals surface area contributed by atoms with Crippen LogP contribution < -0.4 is 5.56 Å². The van der Waals surface area contributed by atoms with E-state index in [0.29, 0.717) is 25.4 Å². The third kappa shape index (κ3) is 4.63. The van der Waals surface area contributed by atoms with E-state index in [1.807, 2.05) is 9.47 Å². The fraction of sp³-hybridized carbons (Fsp3) is 0.529. The summed E-state index contributed by atoms with van der Waals surface area (Å²) in [6.07, 6.45) is 6.33. The van der Waals surface area contributed by atoms with Gasteiger partial charge in [0.1, 0.15) is 6.10 Å². The number of amides is 1. The molecule has 0 saturated carbocycles. The number of likely N-dealkylation sites (tertiary alicyclic amines) is 1. The van der Waals surface area contributed by atoms with Crippen LogP contribution in [0.4, 0.5) is 0 Å². The number of carbonyl (C=O) groups is 1. The SMILES string of the molecule is CCCC=C1/C(=C2\c3c(C)cc(C)c(C)c3CC[C@@H]2N2CCC(O)C2=O)Cn2c1cc(C)c(CC(C)C)c2=O. The van der Waals surface area contributed by atoms with Gasteiger partial charge in [0.15, 0.2) is 0 Å². The van der Waals surface area contributed by atoms with Gasteiger partial charge >= 0.3 is 0 Å². The van der Waals surface area contributed by atoms with Crippen LogP contribution in [0.2, 0.25) is 0 Å². The number of allylic oxidation sites excluding steroid dienone is 3. The van der Waals surface area contributed by atoms with Crippen molar-refractivity contribution >= 4 is 17.1 Å². The predicted molar refractivity (Wildman–Crippen MR) is 159 cm³/mol. The van der Waals surface area contributed by atoms with Gasteiger partial charge in [-0.1, -0.05) is 39.3 Å². The van der Waals surface area contributed by atoms with Gasteiger partial charge in [-0.2, -0.15) is 0 Å². The Kier molecular flexibility index (Phi) is 7.49. The van der Waals surface area contributed by atoms with Gasteiger partial charge in [-0.3, -0.25) is 9.59 Å². The lowest BCUT2D eigenvalue weighted by atomic mass is 9.75. The molecule has 2 aromatic rings. The zero-order chi connectivity index (χ0) is 28.2. The van der Waals surface area contributed by atoms with Gasteiger partial charge in [-0.15, -0.1) is 0 Å². The Labute approximate surface area is 233 Å². The second-order valence-corrected chi connectivity index (χ2v) is 12.4. The largest absolute Gasteiger partial charge is 0.383 e. The molecular weight excluding hydrogens is 484 g/mol. The molecule has 1 aromatic carbocycles. The number of benzene rings is 1. The molecule has 1 amide bonds. The highest BCUT2D eigenvalue weighted by Crippen LogP contribution is 2.46. The molecule has 3 aliphatic rings. The highest BCUT2D eigenvalue weighted by atomic mass is 16.3. The number of rotatable bonds is 5. The Bertz CT molecular complexity index is 1460. The van der Waals surface area contributed by atoms with Crippen molar-refractivity contribution in [1.82, 2.24) is 9.47 Å². The number of unbranched alkanes of at least 4 members (excludes halogenated alkanes) is 1. The molecule has 3 heterocycles. The molecule has 5 heteroatoms. The molecule has 1 N–H and O–H groups in total. The summed E-state index contributed by atoms with van der Waals surface area (Å²) in [4.78, 5) is 29.0. The summed E-state index contributed by atoms with van der Waals surface area (Å²) in [5.41, 5.74) is 13.1. The van der Waals surface area contributed by atoms with E-state index in [-0.39, 0.29) is 17.5 Å². The van der Waals surface area contributed by atoms with Crippen molar-refractivity contribution in [2.24, 2.45) is 5.92 Å². The first-order valence-electron chi connectivity index (χ1n) is 14.8. The van der Waals surface area contributed by atoms with E-state index in [0.717, 1.165) is 54.5 Å². The van der Waals surface area contributed by atoms with Crippen LogP contribution in [0.1, 0.15) is 91.1 Å². The Morgan fingerprint density at radius 2 is 1.79 bits per heavy atom. The van der Waals surface area contributed by atoms with E-state index in [1.165, 1.54) is 39.0 Å². The van der Waals surface area contributed by atoms with Crippen LogP contribution in [0.3, 0.4) is 0 Å². The summed E-state index contributed by atoms with van der Waals surface area (Å²) in [6, 6.07) is 4.38. The monoisotopic (exact) mass is 528 g/mol. The summed E-state index contributed by atoms with van der Waals surface area (Å²) in [7, 11) is 0. The first-order valence-corrected chi connectivity index (χ1v) is 14.8. The Balaban J connectivity index is 1.81. The van der Waals surface area contributed by atoms with Gasteiger partial charge in [0.05, 0.1) is 18.3 Å². The normalized spacial score (nSPS) is 23.8. The molecule has 2 aliphatic heterocycles. The summed E-state index contributed by atoms with van der Waals surface area (Å²) >= 11 is 0. The molecule has 1 aromatic heterocycles. The molecule has 0 spiro atoms. The average Bonchev–Trinajstić information content (AvgIpc) is 3.42. The van der Waals surface area contributed by atoms with E-state index in [2.05, 4.69) is 66.7 Å². The molecular formula is C34H44N2O3. The molecule has 208 valence electrons. The summed E-state index contributed by atoms with van der Waals surface area (Å²) < 4.78 is 1.98. The topological polar surface area (TPSA) is 62.5 Å². The Morgan fingerprint density at radius 3 is 2.44 bits per heavy atom. The van der Waals surface area contributed by atoms with Crippen molar-refractivity contribution in [3.8, 4) is 0 Å². The van der Waals surface area contributed by atoms with Crippen molar-refractivity contribution in [1.29, 1.82) is 0 Å². The number of nitrogens with zero attached hydrogens (tertiary/aromatic N) is 2. The molecule has 1 aliphatic carbocycles. The van der Waals surface area contributed by atoms with Crippen LogP contribution in [-0.4, -0.2) is 39.2 Å². The van der Waals surface area contributed by atoms with E-state index in [1.54, 1.807) is 0 Å². The third-order valence-corrected chi connectivity index (χ3v) is 9.15. The fourth-order valence-electron chi connectivity index (χ4n) is 7.10. The maximum Gasteiger partial charge on any atom is 0.254 e. The van der Waals surface area contributed by atoms with Crippen LogP contribution in [-0.2, 0) is 24.2 Å². The van der Waals surface area contributed by atoms with Crippen molar-refractivity contribution in [2.75, 3.05) is 6.54 Å². The van der Waals surface area contributed by atoms with Crippen LogP contribution in [0.15, 0.2) is 28.6 Å². The van der Waals surface area contributed by atoms with E-state index in [9.17, 15) is 14.7 Å². The summed E-state index contributed by atoms with van der Waals surface area (Å²) in [6.45, 7) is 16.2. The van der Waals surface area contributed by atoms with Crippen molar-refractivity contribution in [3.63, 3.8) is 0 Å². The molecule has 2 atom stereocenters. The number of carbonyl (C=O) groups excluding carboxylic acids is 1. The van der Waals surface area contributed by atoms with Crippen LogP contribution in [0.25, 0.3) is 11.1 Å². The second-order valence-electron chi connectivity index (χ2n) is 12.4. The number of aromatic nitrogens is 1. The smallest absolute Gasteiger partial charge is 0.254 e. The third-order valence-electron chi connectivity index (χ3n) is 9.15. The molecule has 5 nitrogen and oxygen atoms in total. The van der Waals surface area contributed by atoms with Gasteiger partial charge in [0.25, 0.3) is 11.5 Å². The number of aryl methyl sites for hydroxylation is 3. The minimum atomic E-state index is -0.918. The van der Waals surface area contributed by atoms with Crippen molar-refractivity contribution in [2.45, 2.75) is 106 Å². The number of pyridine rings is 1. The van der Waals surface area contributed by atoms with Gasteiger partial charge in [-0.05, 0) is 122 Å². The van der Waals surface area contributed by atoms with E-state index >= 15 is 0 Å². The van der Waals surface area contributed by atoms with E-state index in [4.69, 9.17) is 0 Å². The lowest BCUT2D eigenvalue weighted by molar-refractivity contribution is -0.135. The zero-order valence-electron chi connectivity index (χ0n) is 24.8. The molecule has 1 fully saturated rings. The lowest BCUT2D eigenvalue weighted by Crippen LogP contribution is -2.42. The average molecular weight is 529 g/mol. The predicted octanol–water partition coefficient (Wildman–Crippen LogP) is 5.84. The lowest BCUT2D eigenvalue weighted by Gasteiger charge is -2.38. The molecule has 1 saturated heterocycles. The Hall–Kier alpha value is -2.92. The first-order chi connectivity index (χ1) is 18.5. The zero-order valence-corrected chi connectivity index (χ0v) is 24.8. The number of hydrogen-bond donors (Lipinski definition) is 1. The highest BCUT2D eigenvalue weighted by Gasteiger charge is 2.42. The molecule has 0 radical (unpaired) electrons. The number of fused-ring (bicyclic) bond motifs is 2. The fourth-order valence-corrected chi connectivity index (χ4v) is 7.10. The molecule has 0 bridgehead atoms. The first kappa shape index (κ1) is 27.6. The van der Waals surface area contributed by atoms with Crippen LogP contribution in [0, 0.1) is 33.6 Å². The molecule has 1 unspecified atom stereocenters. The Morgan fingerprint density at radius 1 is 1.05 bits per heavy atom. The summed E-state index contributed by atoms with van der Waals surface area (Å²) in [5.74, 6) is 0.241. The number of hydrogen-bond acceptors (Lipinski definition) is 3. The van der Waals surface area contributed by atoms with Crippen LogP contribution >= 0.6 is 0 Å². The van der Waals surface area contributed by atoms with Gasteiger partial charge in [0, 0.05) is 12.1 Å². The maximum atomic E-state index is 13.9. The number of aliphatic hydroxyl groups excluding tert-OH is 1. The highest BCUT2D eigenvalue weighted by molar-refractivity contribution is 5.96. The quantitative estimate of drug-likeness (QED) is 0.530. The molecule has 39 heavy (non-hydrogen) atoms. The minimum Gasteiger partial charge on any atom is -0.383 e. The van der Waals surface area contributed by atoms with Crippen molar-refractivity contribution in [3.05, 3.63) is 78.8 Å². The summed E-state index contributed by atoms with van der Waals surface area (Å²) in [5, 5.41) is 10.4. The second kappa shape index (κ2) is 10.6. The van der Waals surface area contributed by atoms with Crippen molar-refractivity contribution < 1.29 is 9.90 Å². The number of aliphatic hydroxyl groups is 1. The molecule has 5 rings (SSSR count). The standard InChI is InChI=1S/C34H44N2O3/c1-8-9-10-25-27(18-36-29(25)17-21(5)26(33(36)38)15-19(2)3)32-28(35-14-13-30(37)34(35)39)12-11-24-23(7)20(4)16-22(6)31(24)32/h10,16-17,19,28,30,37H,8-9,11-15,18H2,1-7H3/b25-10?,32-27-/t28-,30?/m0/s1. The maximum absolute atomic E-state index is 13.9.